The van der Waals surface area contributed by atoms with Crippen LogP contribution in [0.25, 0.3) is 0 Å². The van der Waals surface area contributed by atoms with Gasteiger partial charge in [-0.25, -0.2) is 0 Å². The van der Waals surface area contributed by atoms with Crippen molar-refractivity contribution < 1.29 is 9.59 Å². The van der Waals surface area contributed by atoms with Gasteiger partial charge in [-0.1, -0.05) is 67.6 Å². The number of hydrogen-bond acceptors (Lipinski definition) is 3. The van der Waals surface area contributed by atoms with Crippen LogP contribution in [0.4, 0.5) is 0 Å². The summed E-state index contributed by atoms with van der Waals surface area (Å²) >= 11 is 1.68. The van der Waals surface area contributed by atoms with Gasteiger partial charge in [0.05, 0.1) is 6.54 Å². The average Bonchev–Trinajstić information content (AvgIpc) is 3.57. The SMILES string of the molecule is CCC(C)N(CC(=O)N(Cc1ccccc1)Cc1sccc1C)C(=O)C1CC1c1ccccc1. The highest BCUT2D eigenvalue weighted by Crippen LogP contribution is 2.48. The summed E-state index contributed by atoms with van der Waals surface area (Å²) < 4.78 is 0. The minimum Gasteiger partial charge on any atom is -0.332 e. The molecule has 3 aromatic rings. The Morgan fingerprint density at radius 2 is 1.68 bits per heavy atom. The summed E-state index contributed by atoms with van der Waals surface area (Å²) in [7, 11) is 0. The first-order valence-electron chi connectivity index (χ1n) is 12.2. The van der Waals surface area contributed by atoms with E-state index in [0.717, 1.165) is 18.4 Å². The number of carbonyl (C=O) groups excluding carboxylic acids is 2. The van der Waals surface area contributed by atoms with Gasteiger partial charge in [-0.3, -0.25) is 9.59 Å². The van der Waals surface area contributed by atoms with Crippen LogP contribution in [0.2, 0.25) is 0 Å². The van der Waals surface area contributed by atoms with E-state index in [1.165, 1.54) is 16.0 Å². The van der Waals surface area contributed by atoms with Crippen molar-refractivity contribution in [2.75, 3.05) is 6.54 Å². The van der Waals surface area contributed by atoms with Crippen molar-refractivity contribution in [1.29, 1.82) is 0 Å². The number of thiophene rings is 1. The molecule has 1 saturated carbocycles. The summed E-state index contributed by atoms with van der Waals surface area (Å²) in [4.78, 5) is 32.1. The molecule has 0 radical (unpaired) electrons. The molecule has 0 aliphatic heterocycles. The Bertz CT molecular complexity index is 1100. The minimum atomic E-state index is -0.0219. The van der Waals surface area contributed by atoms with Crippen LogP contribution in [0.3, 0.4) is 0 Å². The van der Waals surface area contributed by atoms with Crippen LogP contribution in [0.15, 0.2) is 72.1 Å². The Morgan fingerprint density at radius 1 is 1.00 bits per heavy atom. The first-order valence-corrected chi connectivity index (χ1v) is 13.1. The van der Waals surface area contributed by atoms with E-state index in [2.05, 4.69) is 44.4 Å². The van der Waals surface area contributed by atoms with Gasteiger partial charge < -0.3 is 9.80 Å². The molecule has 2 aromatic carbocycles. The third-order valence-corrected chi connectivity index (χ3v) is 7.93. The van der Waals surface area contributed by atoms with E-state index in [9.17, 15) is 9.59 Å². The van der Waals surface area contributed by atoms with E-state index in [1.54, 1.807) is 11.3 Å². The van der Waals surface area contributed by atoms with Crippen molar-refractivity contribution in [3.8, 4) is 0 Å². The number of carbonyl (C=O) groups is 2. The number of aryl methyl sites for hydroxylation is 1. The second kappa shape index (κ2) is 11.0. The van der Waals surface area contributed by atoms with Crippen LogP contribution < -0.4 is 0 Å². The lowest BCUT2D eigenvalue weighted by Crippen LogP contribution is -2.47. The van der Waals surface area contributed by atoms with Gasteiger partial charge >= 0.3 is 0 Å². The molecule has 1 aliphatic carbocycles. The summed E-state index contributed by atoms with van der Waals surface area (Å²) in [6.07, 6.45) is 1.69. The monoisotopic (exact) mass is 474 g/mol. The average molecular weight is 475 g/mol. The Labute approximate surface area is 207 Å². The summed E-state index contributed by atoms with van der Waals surface area (Å²) in [6.45, 7) is 7.45. The maximum Gasteiger partial charge on any atom is 0.242 e. The standard InChI is InChI=1S/C29H34N2O2S/c1-4-22(3)31(29(33)26-17-25(26)24-13-9-6-10-14-24)20-28(32)30(18-23-11-7-5-8-12-23)19-27-21(2)15-16-34-27/h5-16,22,25-26H,4,17-20H2,1-3H3. The highest BCUT2D eigenvalue weighted by atomic mass is 32.1. The Morgan fingerprint density at radius 3 is 2.29 bits per heavy atom. The van der Waals surface area contributed by atoms with Crippen molar-refractivity contribution in [2.24, 2.45) is 5.92 Å². The van der Waals surface area contributed by atoms with Gasteiger partial charge in [0, 0.05) is 23.4 Å². The van der Waals surface area contributed by atoms with Gasteiger partial charge in [0.25, 0.3) is 0 Å². The molecule has 0 N–H and O–H groups in total. The van der Waals surface area contributed by atoms with Crippen LogP contribution in [0.5, 0.6) is 0 Å². The third-order valence-electron chi connectivity index (χ3n) is 6.92. The smallest absolute Gasteiger partial charge is 0.242 e. The van der Waals surface area contributed by atoms with Gasteiger partial charge in [-0.2, -0.15) is 0 Å². The topological polar surface area (TPSA) is 40.6 Å². The molecule has 2 amide bonds. The zero-order chi connectivity index (χ0) is 24.1. The van der Waals surface area contributed by atoms with Crippen molar-refractivity contribution in [1.82, 2.24) is 9.80 Å². The van der Waals surface area contributed by atoms with E-state index < -0.39 is 0 Å². The molecule has 1 heterocycles. The van der Waals surface area contributed by atoms with Crippen LogP contribution in [-0.4, -0.2) is 34.2 Å². The van der Waals surface area contributed by atoms with Gasteiger partial charge in [0.15, 0.2) is 0 Å². The normalized spacial score (nSPS) is 17.7. The lowest BCUT2D eigenvalue weighted by Gasteiger charge is -2.31. The Balaban J connectivity index is 1.50. The lowest BCUT2D eigenvalue weighted by molar-refractivity contribution is -0.143. The molecule has 0 bridgehead atoms. The lowest BCUT2D eigenvalue weighted by atomic mass is 10.1. The number of benzene rings is 2. The van der Waals surface area contributed by atoms with E-state index in [1.807, 2.05) is 58.3 Å². The molecule has 4 nitrogen and oxygen atoms in total. The van der Waals surface area contributed by atoms with Crippen molar-refractivity contribution in [3.05, 3.63) is 93.7 Å². The van der Waals surface area contributed by atoms with Crippen LogP contribution in [0.1, 0.15) is 54.2 Å². The molecule has 1 aromatic heterocycles. The van der Waals surface area contributed by atoms with Crippen LogP contribution in [0, 0.1) is 12.8 Å². The summed E-state index contributed by atoms with van der Waals surface area (Å²) in [5, 5.41) is 2.07. The Hall–Kier alpha value is -2.92. The maximum absolute atomic E-state index is 13.7. The van der Waals surface area contributed by atoms with E-state index >= 15 is 0 Å². The summed E-state index contributed by atoms with van der Waals surface area (Å²) in [6, 6.07) is 22.5. The predicted octanol–water partition coefficient (Wildman–Crippen LogP) is 6.02. The van der Waals surface area contributed by atoms with E-state index in [0.29, 0.717) is 13.1 Å². The predicted molar refractivity (Wildman–Crippen MR) is 139 cm³/mol. The molecule has 178 valence electrons. The highest BCUT2D eigenvalue weighted by molar-refractivity contribution is 7.10. The molecule has 5 heteroatoms. The van der Waals surface area contributed by atoms with Crippen LogP contribution in [-0.2, 0) is 22.7 Å². The molecule has 34 heavy (non-hydrogen) atoms. The summed E-state index contributed by atoms with van der Waals surface area (Å²) in [5.41, 5.74) is 3.52. The zero-order valence-corrected chi connectivity index (χ0v) is 21.1. The molecule has 4 rings (SSSR count). The molecule has 3 unspecified atom stereocenters. The van der Waals surface area contributed by atoms with Gasteiger partial charge in [0.1, 0.15) is 6.54 Å². The molecule has 1 fully saturated rings. The minimum absolute atomic E-state index is 0.00205. The zero-order valence-electron chi connectivity index (χ0n) is 20.3. The molecule has 1 aliphatic rings. The second-order valence-corrected chi connectivity index (χ2v) is 10.3. The fourth-order valence-electron chi connectivity index (χ4n) is 4.44. The number of hydrogen-bond donors (Lipinski definition) is 0. The number of amides is 2. The second-order valence-electron chi connectivity index (χ2n) is 9.34. The van der Waals surface area contributed by atoms with Crippen molar-refractivity contribution in [3.63, 3.8) is 0 Å². The first-order chi connectivity index (χ1) is 16.5. The van der Waals surface area contributed by atoms with Crippen molar-refractivity contribution >= 4 is 23.2 Å². The largest absolute Gasteiger partial charge is 0.332 e. The molecular weight excluding hydrogens is 440 g/mol. The van der Waals surface area contributed by atoms with Crippen molar-refractivity contribution in [2.45, 2.75) is 58.7 Å². The van der Waals surface area contributed by atoms with Gasteiger partial charge in [-0.15, -0.1) is 11.3 Å². The molecule has 3 atom stereocenters. The fraction of sp³-hybridized carbons (Fsp3) is 0.379. The van der Waals surface area contributed by atoms with Crippen LogP contribution >= 0.6 is 11.3 Å². The highest BCUT2D eigenvalue weighted by Gasteiger charge is 2.46. The molecule has 0 spiro atoms. The first kappa shape index (κ1) is 24.2. The molecular formula is C29H34N2O2S. The van der Waals surface area contributed by atoms with Gasteiger partial charge in [0.2, 0.25) is 11.8 Å². The maximum atomic E-state index is 13.7. The Kier molecular flexibility index (Phi) is 7.84. The number of nitrogens with zero attached hydrogens (tertiary/aromatic N) is 2. The van der Waals surface area contributed by atoms with E-state index in [-0.39, 0.29) is 36.2 Å². The van der Waals surface area contributed by atoms with Gasteiger partial charge in [-0.05, 0) is 60.7 Å². The number of rotatable bonds is 10. The fourth-order valence-corrected chi connectivity index (χ4v) is 5.36. The third kappa shape index (κ3) is 5.76. The quantitative estimate of drug-likeness (QED) is 0.361. The van der Waals surface area contributed by atoms with E-state index in [4.69, 9.17) is 0 Å². The molecule has 0 saturated heterocycles. The summed E-state index contributed by atoms with van der Waals surface area (Å²) in [5.74, 6) is 0.363.